The molecule has 0 radical (unpaired) electrons. The quantitative estimate of drug-likeness (QED) is 0.626. The summed E-state index contributed by atoms with van der Waals surface area (Å²) in [6.07, 6.45) is -0.530. The van der Waals surface area contributed by atoms with Crippen LogP contribution in [0.25, 0.3) is 0 Å². The molecular formula is C24H31FN4O6S. The van der Waals surface area contributed by atoms with Gasteiger partial charge < -0.3 is 24.3 Å². The predicted molar refractivity (Wildman–Crippen MR) is 130 cm³/mol. The molecule has 2 atom stereocenters. The molecule has 1 aromatic heterocycles. The van der Waals surface area contributed by atoms with Gasteiger partial charge in [0.15, 0.2) is 11.4 Å². The smallest absolute Gasteiger partial charge is 0.410 e. The van der Waals surface area contributed by atoms with Crippen LogP contribution in [0.5, 0.6) is 5.75 Å². The van der Waals surface area contributed by atoms with Crippen LogP contribution in [0.3, 0.4) is 0 Å². The number of likely N-dealkylation sites (tertiary alicyclic amines) is 1. The van der Waals surface area contributed by atoms with Crippen molar-refractivity contribution in [2.75, 3.05) is 25.0 Å². The zero-order valence-corrected chi connectivity index (χ0v) is 22.0. The molecule has 0 spiro atoms. The zero-order chi connectivity index (χ0) is 26.6. The number of rotatable bonds is 2. The maximum absolute atomic E-state index is 13.6. The number of hydrogen-bond acceptors (Lipinski definition) is 6. The number of carbonyl (C=O) groups is 2. The zero-order valence-electron chi connectivity index (χ0n) is 21.1. The molecule has 2 aliphatic rings. The highest BCUT2D eigenvalue weighted by atomic mass is 32.2. The minimum Gasteiger partial charge on any atom is -0.489 e. The van der Waals surface area contributed by atoms with Crippen LogP contribution in [0.15, 0.2) is 23.1 Å². The van der Waals surface area contributed by atoms with Crippen molar-refractivity contribution in [3.05, 3.63) is 41.0 Å². The van der Waals surface area contributed by atoms with Crippen LogP contribution >= 0.6 is 0 Å². The van der Waals surface area contributed by atoms with E-state index in [1.54, 1.807) is 41.7 Å². The number of benzene rings is 1. The molecule has 1 aromatic carbocycles. The van der Waals surface area contributed by atoms with Crippen molar-refractivity contribution in [3.8, 4) is 5.75 Å². The van der Waals surface area contributed by atoms with Gasteiger partial charge in [0, 0.05) is 43.5 Å². The van der Waals surface area contributed by atoms with Gasteiger partial charge in [-0.15, -0.1) is 0 Å². The van der Waals surface area contributed by atoms with E-state index in [0.717, 1.165) is 0 Å². The molecule has 12 heteroatoms. The normalized spacial score (nSPS) is 21.0. The van der Waals surface area contributed by atoms with Gasteiger partial charge in [0.05, 0.1) is 6.61 Å². The van der Waals surface area contributed by atoms with Crippen molar-refractivity contribution in [1.82, 2.24) is 14.2 Å². The second-order valence-corrected chi connectivity index (χ2v) is 11.9. The molecule has 0 aliphatic carbocycles. The van der Waals surface area contributed by atoms with E-state index in [4.69, 9.17) is 9.47 Å². The van der Waals surface area contributed by atoms with Crippen molar-refractivity contribution in [2.24, 2.45) is 13.0 Å². The molecule has 2 amide bonds. The van der Waals surface area contributed by atoms with Crippen LogP contribution in [-0.4, -0.2) is 61.2 Å². The minimum atomic E-state index is -4.10. The summed E-state index contributed by atoms with van der Waals surface area (Å²) in [5.74, 6) is -1.41. The van der Waals surface area contributed by atoms with Crippen molar-refractivity contribution >= 4 is 27.7 Å². The minimum absolute atomic E-state index is 0.0234. The van der Waals surface area contributed by atoms with Crippen molar-refractivity contribution < 1.29 is 31.9 Å². The fourth-order valence-corrected chi connectivity index (χ4v) is 6.17. The SMILES string of the molecule is Cc1cc(NC(=O)c2c3c(c(C)n2C)S(=O)(=O)N[C@H]2CN(C(=O)OC(C)(C)C)C[C@H]2CO3)ccc1F. The Morgan fingerprint density at radius 2 is 1.92 bits per heavy atom. The topological polar surface area (TPSA) is 119 Å². The molecule has 2 N–H and O–H groups in total. The summed E-state index contributed by atoms with van der Waals surface area (Å²) in [6.45, 7) is 8.90. The molecule has 2 aliphatic heterocycles. The van der Waals surface area contributed by atoms with E-state index in [1.807, 2.05) is 0 Å². The molecule has 0 unspecified atom stereocenters. The molecule has 1 fully saturated rings. The number of nitrogens with one attached hydrogen (secondary N) is 2. The number of aromatic nitrogens is 1. The summed E-state index contributed by atoms with van der Waals surface area (Å²) in [5, 5.41) is 2.69. The van der Waals surface area contributed by atoms with Gasteiger partial charge in [-0.2, -0.15) is 0 Å². The Labute approximate surface area is 209 Å². The number of halogens is 1. The van der Waals surface area contributed by atoms with Crippen molar-refractivity contribution in [1.29, 1.82) is 0 Å². The van der Waals surface area contributed by atoms with Gasteiger partial charge in [0.1, 0.15) is 16.3 Å². The van der Waals surface area contributed by atoms with Crippen LogP contribution in [-0.2, 0) is 21.8 Å². The number of hydrogen-bond donors (Lipinski definition) is 2. The molecule has 3 heterocycles. The first kappa shape index (κ1) is 26.0. The third-order valence-electron chi connectivity index (χ3n) is 6.33. The van der Waals surface area contributed by atoms with E-state index in [-0.39, 0.29) is 42.0 Å². The fraction of sp³-hybridized carbons (Fsp3) is 0.500. The second kappa shape index (κ2) is 9.07. The van der Waals surface area contributed by atoms with Gasteiger partial charge in [-0.25, -0.2) is 22.3 Å². The van der Waals surface area contributed by atoms with Gasteiger partial charge in [-0.3, -0.25) is 4.79 Å². The molecule has 0 saturated carbocycles. The Kier molecular flexibility index (Phi) is 6.54. The average Bonchev–Trinajstić information content (AvgIpc) is 3.25. The summed E-state index contributed by atoms with van der Waals surface area (Å²) in [7, 11) is -2.52. The van der Waals surface area contributed by atoms with Gasteiger partial charge >= 0.3 is 6.09 Å². The first-order chi connectivity index (χ1) is 16.7. The number of anilines is 1. The van der Waals surface area contributed by atoms with Gasteiger partial charge in [-0.1, -0.05) is 0 Å². The average molecular weight is 523 g/mol. The fourth-order valence-electron chi connectivity index (χ4n) is 4.46. The standard InChI is InChI=1S/C24H31FN4O6S/c1-13-9-16(7-8-17(13)25)26-22(30)19-20-21(14(2)28(19)6)36(32,33)27-18-11-29(10-15(18)12-34-20)23(31)35-24(3,4)5/h7-9,15,18,27H,10-12H2,1-6H3,(H,26,30)/t15-,18-/m0/s1. The number of sulfonamides is 1. The lowest BCUT2D eigenvalue weighted by Crippen LogP contribution is -2.44. The summed E-state index contributed by atoms with van der Waals surface area (Å²) in [6, 6.07) is 3.58. The number of amides is 2. The number of carbonyl (C=O) groups excluding carboxylic acids is 2. The highest BCUT2D eigenvalue weighted by Gasteiger charge is 2.44. The number of ether oxygens (including phenoxy) is 2. The lowest BCUT2D eigenvalue weighted by Gasteiger charge is -2.24. The lowest BCUT2D eigenvalue weighted by atomic mass is 10.1. The molecule has 2 aromatic rings. The van der Waals surface area contributed by atoms with E-state index in [1.165, 1.54) is 27.7 Å². The summed E-state index contributed by atoms with van der Waals surface area (Å²) in [4.78, 5) is 27.1. The van der Waals surface area contributed by atoms with Crippen LogP contribution in [0.4, 0.5) is 14.9 Å². The molecule has 36 heavy (non-hydrogen) atoms. The summed E-state index contributed by atoms with van der Waals surface area (Å²) in [5.41, 5.74) is 0.376. The number of fused-ring (bicyclic) bond motifs is 2. The Morgan fingerprint density at radius 3 is 2.56 bits per heavy atom. The lowest BCUT2D eigenvalue weighted by molar-refractivity contribution is 0.0283. The highest BCUT2D eigenvalue weighted by molar-refractivity contribution is 7.89. The van der Waals surface area contributed by atoms with Gasteiger partial charge in [0.2, 0.25) is 10.0 Å². The molecule has 1 saturated heterocycles. The van der Waals surface area contributed by atoms with E-state index in [9.17, 15) is 22.4 Å². The molecule has 196 valence electrons. The van der Waals surface area contributed by atoms with E-state index in [0.29, 0.717) is 16.9 Å². The first-order valence-corrected chi connectivity index (χ1v) is 13.1. The Bertz CT molecular complexity index is 1330. The maximum Gasteiger partial charge on any atom is 0.410 e. The van der Waals surface area contributed by atoms with Crippen molar-refractivity contribution in [3.63, 3.8) is 0 Å². The van der Waals surface area contributed by atoms with Crippen LogP contribution in [0, 0.1) is 25.6 Å². The van der Waals surface area contributed by atoms with Crippen LogP contribution < -0.4 is 14.8 Å². The summed E-state index contributed by atoms with van der Waals surface area (Å²) >= 11 is 0. The Balaban J connectivity index is 1.64. The highest BCUT2D eigenvalue weighted by Crippen LogP contribution is 2.37. The molecular weight excluding hydrogens is 491 g/mol. The number of aryl methyl sites for hydroxylation is 1. The van der Waals surface area contributed by atoms with Crippen LogP contribution in [0.2, 0.25) is 0 Å². The monoisotopic (exact) mass is 522 g/mol. The van der Waals surface area contributed by atoms with Gasteiger partial charge in [0.25, 0.3) is 5.91 Å². The third-order valence-corrected chi connectivity index (χ3v) is 7.96. The van der Waals surface area contributed by atoms with Crippen LogP contribution in [0.1, 0.15) is 42.5 Å². The van der Waals surface area contributed by atoms with E-state index >= 15 is 0 Å². The Hall–Kier alpha value is -3.12. The molecule has 10 nitrogen and oxygen atoms in total. The largest absolute Gasteiger partial charge is 0.489 e. The first-order valence-electron chi connectivity index (χ1n) is 11.6. The van der Waals surface area contributed by atoms with Gasteiger partial charge in [-0.05, 0) is 58.4 Å². The van der Waals surface area contributed by atoms with E-state index in [2.05, 4.69) is 10.0 Å². The number of nitrogens with zero attached hydrogens (tertiary/aromatic N) is 2. The second-order valence-electron chi connectivity index (χ2n) is 10.3. The maximum atomic E-state index is 13.6. The van der Waals surface area contributed by atoms with Crippen molar-refractivity contribution in [2.45, 2.75) is 51.2 Å². The summed E-state index contributed by atoms with van der Waals surface area (Å²) < 4.78 is 56.1. The predicted octanol–water partition coefficient (Wildman–Crippen LogP) is 2.94. The molecule has 4 rings (SSSR count). The van der Waals surface area contributed by atoms with E-state index < -0.39 is 39.5 Å². The molecule has 0 bridgehead atoms. The third kappa shape index (κ3) is 4.92. The Morgan fingerprint density at radius 1 is 1.22 bits per heavy atom.